The first-order chi connectivity index (χ1) is 13.2. The summed E-state index contributed by atoms with van der Waals surface area (Å²) in [6, 6.07) is 16.6. The lowest BCUT2D eigenvalue weighted by molar-refractivity contribution is 0.0601. The summed E-state index contributed by atoms with van der Waals surface area (Å²) in [4.78, 5) is 20.3. The van der Waals surface area contributed by atoms with E-state index in [0.29, 0.717) is 29.6 Å². The molecule has 0 saturated carbocycles. The third-order valence-corrected chi connectivity index (χ3v) is 3.83. The number of anilines is 3. The van der Waals surface area contributed by atoms with E-state index >= 15 is 0 Å². The van der Waals surface area contributed by atoms with Gasteiger partial charge in [-0.05, 0) is 42.0 Å². The maximum atomic E-state index is 11.6. The number of hydrogen-bond acceptors (Lipinski definition) is 7. The third kappa shape index (κ3) is 4.94. The van der Waals surface area contributed by atoms with Gasteiger partial charge in [0.1, 0.15) is 11.6 Å². The van der Waals surface area contributed by atoms with Crippen LogP contribution in [0.25, 0.3) is 0 Å². The average Bonchev–Trinajstić information content (AvgIpc) is 2.72. The molecule has 7 heteroatoms. The summed E-state index contributed by atoms with van der Waals surface area (Å²) in [5.41, 5.74) is 2.26. The highest BCUT2D eigenvalue weighted by Crippen LogP contribution is 2.17. The number of carbonyl (C=O) groups is 1. The van der Waals surface area contributed by atoms with Crippen LogP contribution in [0.4, 0.5) is 17.5 Å². The van der Waals surface area contributed by atoms with Gasteiger partial charge in [0.2, 0.25) is 5.95 Å². The monoisotopic (exact) mass is 364 g/mol. The summed E-state index contributed by atoms with van der Waals surface area (Å²) in [5.74, 6) is 1.54. The van der Waals surface area contributed by atoms with Crippen LogP contribution in [-0.4, -0.2) is 30.2 Å². The summed E-state index contributed by atoms with van der Waals surface area (Å²) in [6.45, 7) is 0.623. The highest BCUT2D eigenvalue weighted by atomic mass is 16.5. The quantitative estimate of drug-likeness (QED) is 0.619. The maximum absolute atomic E-state index is 11.6. The number of aromatic nitrogens is 2. The van der Waals surface area contributed by atoms with Crippen LogP contribution in [0.1, 0.15) is 15.9 Å². The number of rotatable bonds is 7. The molecular weight excluding hydrogens is 344 g/mol. The molecule has 0 aliphatic carbocycles. The Kier molecular flexibility index (Phi) is 5.84. The van der Waals surface area contributed by atoms with E-state index in [4.69, 9.17) is 9.47 Å². The van der Waals surface area contributed by atoms with Gasteiger partial charge in [0.05, 0.1) is 19.8 Å². The fourth-order valence-corrected chi connectivity index (χ4v) is 2.42. The number of nitrogens with zero attached hydrogens (tertiary/aromatic N) is 2. The van der Waals surface area contributed by atoms with Gasteiger partial charge in [-0.2, -0.15) is 4.98 Å². The van der Waals surface area contributed by atoms with Crippen molar-refractivity contribution in [2.45, 2.75) is 6.54 Å². The molecule has 2 aromatic carbocycles. The van der Waals surface area contributed by atoms with Crippen LogP contribution in [0.2, 0.25) is 0 Å². The number of carbonyl (C=O) groups excluding carboxylic acids is 1. The van der Waals surface area contributed by atoms with E-state index in [2.05, 4.69) is 20.6 Å². The number of esters is 1. The second-order valence-electron chi connectivity index (χ2n) is 5.66. The summed E-state index contributed by atoms with van der Waals surface area (Å²) in [5, 5.41) is 6.35. The van der Waals surface area contributed by atoms with Crippen molar-refractivity contribution in [3.63, 3.8) is 0 Å². The molecule has 2 N–H and O–H groups in total. The molecule has 1 aromatic heterocycles. The van der Waals surface area contributed by atoms with Crippen LogP contribution < -0.4 is 15.4 Å². The number of nitrogens with one attached hydrogen (secondary N) is 2. The molecule has 0 atom stereocenters. The summed E-state index contributed by atoms with van der Waals surface area (Å²) in [7, 11) is 2.99. The molecule has 0 amide bonds. The summed E-state index contributed by atoms with van der Waals surface area (Å²) in [6.07, 6.45) is 1.66. The minimum absolute atomic E-state index is 0.394. The molecule has 0 radical (unpaired) electrons. The Morgan fingerprint density at radius 1 is 1.07 bits per heavy atom. The topological polar surface area (TPSA) is 85.4 Å². The normalized spacial score (nSPS) is 10.1. The molecule has 0 aliphatic rings. The van der Waals surface area contributed by atoms with Gasteiger partial charge in [-0.25, -0.2) is 9.78 Å². The number of benzene rings is 2. The van der Waals surface area contributed by atoms with Crippen molar-refractivity contribution in [1.29, 1.82) is 0 Å². The van der Waals surface area contributed by atoms with Gasteiger partial charge in [0.15, 0.2) is 0 Å². The van der Waals surface area contributed by atoms with E-state index in [0.717, 1.165) is 11.3 Å². The van der Waals surface area contributed by atoms with Gasteiger partial charge in [-0.1, -0.05) is 18.2 Å². The minimum atomic E-state index is -0.394. The highest BCUT2D eigenvalue weighted by Gasteiger charge is 2.07. The zero-order chi connectivity index (χ0) is 19.1. The molecule has 0 spiro atoms. The van der Waals surface area contributed by atoms with Crippen molar-refractivity contribution in [3.05, 3.63) is 71.9 Å². The van der Waals surface area contributed by atoms with E-state index in [9.17, 15) is 4.79 Å². The second-order valence-corrected chi connectivity index (χ2v) is 5.66. The Hall–Kier alpha value is -3.61. The molecule has 3 aromatic rings. The van der Waals surface area contributed by atoms with E-state index in [1.54, 1.807) is 37.6 Å². The Labute approximate surface area is 157 Å². The molecular formula is C20H20N4O3. The summed E-state index contributed by atoms with van der Waals surface area (Å²) >= 11 is 0. The van der Waals surface area contributed by atoms with E-state index in [1.165, 1.54) is 7.11 Å². The molecule has 0 aliphatic heterocycles. The van der Waals surface area contributed by atoms with Crippen molar-refractivity contribution in [3.8, 4) is 5.75 Å². The number of methoxy groups -OCH3 is 2. The van der Waals surface area contributed by atoms with E-state index in [-0.39, 0.29) is 0 Å². The van der Waals surface area contributed by atoms with Crippen molar-refractivity contribution >= 4 is 23.4 Å². The highest BCUT2D eigenvalue weighted by molar-refractivity contribution is 5.90. The number of ether oxygens (including phenoxy) is 2. The molecule has 0 fully saturated rings. The van der Waals surface area contributed by atoms with Gasteiger partial charge >= 0.3 is 5.97 Å². The molecule has 3 rings (SSSR count). The fraction of sp³-hybridized carbons (Fsp3) is 0.150. The molecule has 7 nitrogen and oxygen atoms in total. The number of hydrogen-bond donors (Lipinski definition) is 2. The van der Waals surface area contributed by atoms with Crippen molar-refractivity contribution in [1.82, 2.24) is 9.97 Å². The van der Waals surface area contributed by atoms with Crippen LogP contribution >= 0.6 is 0 Å². The first-order valence-corrected chi connectivity index (χ1v) is 8.33. The minimum Gasteiger partial charge on any atom is -0.497 e. The second kappa shape index (κ2) is 8.66. The lowest BCUT2D eigenvalue weighted by atomic mass is 10.2. The lowest BCUT2D eigenvalue weighted by Crippen LogP contribution is -2.05. The SMILES string of the molecule is COC(=O)c1cccc(Nc2nccc(NCc3ccc(OC)cc3)n2)c1. The molecule has 0 bridgehead atoms. The van der Waals surface area contributed by atoms with Crippen molar-refractivity contribution < 1.29 is 14.3 Å². The van der Waals surface area contributed by atoms with Crippen molar-refractivity contribution in [2.75, 3.05) is 24.9 Å². The molecule has 0 unspecified atom stereocenters. The largest absolute Gasteiger partial charge is 0.497 e. The van der Waals surface area contributed by atoms with Crippen LogP contribution in [0.3, 0.4) is 0 Å². The van der Waals surface area contributed by atoms with Gasteiger partial charge in [-0.3, -0.25) is 0 Å². The Balaban J connectivity index is 1.65. The average molecular weight is 364 g/mol. The first kappa shape index (κ1) is 18.2. The van der Waals surface area contributed by atoms with Gasteiger partial charge in [0.25, 0.3) is 0 Å². The first-order valence-electron chi connectivity index (χ1n) is 8.33. The van der Waals surface area contributed by atoms with E-state index in [1.807, 2.05) is 30.3 Å². The molecule has 27 heavy (non-hydrogen) atoms. The summed E-state index contributed by atoms with van der Waals surface area (Å²) < 4.78 is 9.89. The van der Waals surface area contributed by atoms with Gasteiger partial charge in [-0.15, -0.1) is 0 Å². The van der Waals surface area contributed by atoms with Crippen LogP contribution in [0.15, 0.2) is 60.8 Å². The Bertz CT molecular complexity index is 913. The zero-order valence-electron chi connectivity index (χ0n) is 15.1. The van der Waals surface area contributed by atoms with Crippen LogP contribution in [0, 0.1) is 0 Å². The van der Waals surface area contributed by atoms with E-state index < -0.39 is 5.97 Å². The molecule has 138 valence electrons. The predicted octanol–water partition coefficient (Wildman–Crippen LogP) is 3.63. The Morgan fingerprint density at radius 3 is 2.63 bits per heavy atom. The van der Waals surface area contributed by atoms with Crippen molar-refractivity contribution in [2.24, 2.45) is 0 Å². The zero-order valence-corrected chi connectivity index (χ0v) is 15.1. The Morgan fingerprint density at radius 2 is 1.89 bits per heavy atom. The van der Waals surface area contributed by atoms with Gasteiger partial charge in [0, 0.05) is 18.4 Å². The standard InChI is InChI=1S/C20H20N4O3/c1-26-17-8-6-14(7-9-17)13-22-18-10-11-21-20(24-18)23-16-5-3-4-15(12-16)19(25)27-2/h3-12H,13H2,1-2H3,(H2,21,22,23,24). The molecule has 0 saturated heterocycles. The smallest absolute Gasteiger partial charge is 0.337 e. The van der Waals surface area contributed by atoms with Crippen LogP contribution in [0.5, 0.6) is 5.75 Å². The molecule has 1 heterocycles. The predicted molar refractivity (Wildman–Crippen MR) is 103 cm³/mol. The third-order valence-electron chi connectivity index (χ3n) is 3.83. The van der Waals surface area contributed by atoms with Crippen LogP contribution in [-0.2, 0) is 11.3 Å². The lowest BCUT2D eigenvalue weighted by Gasteiger charge is -2.09. The maximum Gasteiger partial charge on any atom is 0.337 e. The fourth-order valence-electron chi connectivity index (χ4n) is 2.42. The van der Waals surface area contributed by atoms with Gasteiger partial charge < -0.3 is 20.1 Å².